The fourth-order valence-corrected chi connectivity index (χ4v) is 6.73. The molecule has 0 aromatic carbocycles. The van der Waals surface area contributed by atoms with Crippen LogP contribution in [0, 0.1) is 0 Å². The molecule has 254 valence electrons. The molecule has 0 saturated carbocycles. The van der Waals surface area contributed by atoms with Crippen molar-refractivity contribution in [3.05, 3.63) is 0 Å². The molecule has 42 heavy (non-hydrogen) atoms. The molecule has 0 aliphatic heterocycles. The summed E-state index contributed by atoms with van der Waals surface area (Å²) in [7, 11) is -8.06. The van der Waals surface area contributed by atoms with Crippen LogP contribution in [0.2, 0.25) is 0 Å². The Morgan fingerprint density at radius 3 is 0.690 bits per heavy atom. The summed E-state index contributed by atoms with van der Waals surface area (Å²) in [6.07, 6.45) is 39.8. The minimum absolute atomic E-state index is 0.0501. The van der Waals surface area contributed by atoms with E-state index in [4.69, 9.17) is 19.6 Å². The second-order valence-electron chi connectivity index (χ2n) is 12.7. The van der Waals surface area contributed by atoms with E-state index in [0.29, 0.717) is 6.42 Å². The quantitative estimate of drug-likeness (QED) is 0.0401. The molecule has 0 radical (unpaired) electrons. The van der Waals surface area contributed by atoms with Gasteiger partial charge in [0.2, 0.25) is 0 Å². The van der Waals surface area contributed by atoms with E-state index >= 15 is 0 Å². The molecule has 0 aliphatic rings. The second-order valence-corrected chi connectivity index (χ2v) is 15.7. The summed E-state index contributed by atoms with van der Waals surface area (Å²) >= 11 is 0. The summed E-state index contributed by atoms with van der Waals surface area (Å²) in [6.45, 7) is 0.160. The highest BCUT2D eigenvalue weighted by molar-refractivity contribution is 7.51. The Balaban J connectivity index is 3.08. The average Bonchev–Trinajstić information content (AvgIpc) is 2.92. The second kappa shape index (κ2) is 31.3. The lowest BCUT2D eigenvalue weighted by Gasteiger charge is -2.05. The van der Waals surface area contributed by atoms with Gasteiger partial charge in [0, 0.05) is 6.16 Å². The van der Waals surface area contributed by atoms with Crippen molar-refractivity contribution in [3.63, 3.8) is 0 Å². The molecule has 0 heterocycles. The molecule has 4 N–H and O–H groups in total. The molecule has 7 nitrogen and oxygen atoms in total. The van der Waals surface area contributed by atoms with E-state index in [0.717, 1.165) is 32.1 Å². The third-order valence-electron chi connectivity index (χ3n) is 8.35. The average molecular weight is 641 g/mol. The van der Waals surface area contributed by atoms with Crippen LogP contribution in [0.15, 0.2) is 0 Å². The largest absolute Gasteiger partial charge is 0.469 e. The minimum atomic E-state index is -4.28. The van der Waals surface area contributed by atoms with Gasteiger partial charge < -0.3 is 19.6 Å². The maximum Gasteiger partial charge on any atom is 0.469 e. The summed E-state index contributed by atoms with van der Waals surface area (Å²) in [5.74, 6) is 0. The first-order chi connectivity index (χ1) is 20.2. The monoisotopic (exact) mass is 640 g/mol. The van der Waals surface area contributed by atoms with Gasteiger partial charge in [-0.1, -0.05) is 186 Å². The first-order valence-corrected chi connectivity index (χ1v) is 21.3. The molecule has 0 bridgehead atoms. The summed E-state index contributed by atoms with van der Waals surface area (Å²) in [4.78, 5) is 34.9. The zero-order valence-electron chi connectivity index (χ0n) is 27.2. The standard InChI is InChI=1S/C33H70O7P2/c34-41(35,36)33-31-29-27-25-23-21-19-17-15-13-11-9-7-5-3-1-2-4-6-8-10-12-14-16-18-20-22-24-26-28-30-32-40-42(37,38)39/h1-33H2,(H2,34,35,36)(H2,37,38,39). The summed E-state index contributed by atoms with van der Waals surface area (Å²) < 4.78 is 25.8. The predicted octanol–water partition coefficient (Wildman–Crippen LogP) is 11.4. The van der Waals surface area contributed by atoms with Gasteiger partial charge >= 0.3 is 15.4 Å². The Morgan fingerprint density at radius 2 is 0.500 bits per heavy atom. The smallest absolute Gasteiger partial charge is 0.324 e. The first kappa shape index (κ1) is 42.3. The molecule has 9 heteroatoms. The van der Waals surface area contributed by atoms with E-state index in [1.165, 1.54) is 161 Å². The molecule has 0 aliphatic carbocycles. The van der Waals surface area contributed by atoms with Gasteiger partial charge in [-0.05, 0) is 12.8 Å². The molecular weight excluding hydrogens is 570 g/mol. The van der Waals surface area contributed by atoms with Crippen molar-refractivity contribution in [2.75, 3.05) is 12.8 Å². The zero-order chi connectivity index (χ0) is 31.0. The minimum Gasteiger partial charge on any atom is -0.324 e. The molecule has 0 saturated heterocycles. The van der Waals surface area contributed by atoms with E-state index in [-0.39, 0.29) is 12.8 Å². The van der Waals surface area contributed by atoms with Crippen LogP contribution in [-0.2, 0) is 13.7 Å². The van der Waals surface area contributed by atoms with E-state index in [9.17, 15) is 9.13 Å². The number of hydrogen-bond donors (Lipinski definition) is 4. The topological polar surface area (TPSA) is 124 Å². The lowest BCUT2D eigenvalue weighted by atomic mass is 10.0. The SMILES string of the molecule is O=P(O)(O)CCCCCCCCCCCCCCCCCCCCCCCCCCCCCCCCCOP(=O)(O)O. The molecule has 0 amide bonds. The van der Waals surface area contributed by atoms with Crippen molar-refractivity contribution in [1.29, 1.82) is 0 Å². The van der Waals surface area contributed by atoms with Crippen molar-refractivity contribution in [3.8, 4) is 0 Å². The van der Waals surface area contributed by atoms with Gasteiger partial charge in [-0.15, -0.1) is 0 Å². The van der Waals surface area contributed by atoms with Crippen molar-refractivity contribution >= 4 is 15.4 Å². The molecule has 0 aromatic rings. The maximum atomic E-state index is 10.8. The lowest BCUT2D eigenvalue weighted by molar-refractivity contribution is 0.193. The molecular formula is C33H70O7P2. The van der Waals surface area contributed by atoms with Gasteiger partial charge in [-0.2, -0.15) is 0 Å². The van der Waals surface area contributed by atoms with E-state index in [1.807, 2.05) is 0 Å². The Hall–Kier alpha value is 0.260. The Bertz CT molecular complexity index is 582. The predicted molar refractivity (Wildman–Crippen MR) is 178 cm³/mol. The fraction of sp³-hybridized carbons (Fsp3) is 1.00. The van der Waals surface area contributed by atoms with Crippen LogP contribution in [0.1, 0.15) is 199 Å². The lowest BCUT2D eigenvalue weighted by Crippen LogP contribution is -1.92. The van der Waals surface area contributed by atoms with E-state index in [2.05, 4.69) is 4.52 Å². The molecule has 0 unspecified atom stereocenters. The van der Waals surface area contributed by atoms with Gasteiger partial charge in [-0.3, -0.25) is 9.09 Å². The molecule has 0 atom stereocenters. The van der Waals surface area contributed by atoms with Gasteiger partial charge in [-0.25, -0.2) is 4.57 Å². The number of hydrogen-bond acceptors (Lipinski definition) is 3. The van der Waals surface area contributed by atoms with Crippen LogP contribution in [0.4, 0.5) is 0 Å². The van der Waals surface area contributed by atoms with E-state index < -0.39 is 15.4 Å². The Labute approximate surface area is 260 Å². The first-order valence-electron chi connectivity index (χ1n) is 18.0. The molecule has 0 rings (SSSR count). The number of rotatable bonds is 35. The highest BCUT2D eigenvalue weighted by Crippen LogP contribution is 2.36. The molecule has 0 fully saturated rings. The fourth-order valence-electron chi connectivity index (χ4n) is 5.73. The van der Waals surface area contributed by atoms with Crippen LogP contribution in [0.3, 0.4) is 0 Å². The highest BCUT2D eigenvalue weighted by atomic mass is 31.2. The van der Waals surface area contributed by atoms with Crippen LogP contribution in [0.25, 0.3) is 0 Å². The van der Waals surface area contributed by atoms with Crippen LogP contribution >= 0.6 is 15.4 Å². The summed E-state index contributed by atoms with van der Waals surface area (Å²) in [5.41, 5.74) is 0. The number of phosphoric acid groups is 1. The van der Waals surface area contributed by atoms with E-state index in [1.54, 1.807) is 0 Å². The van der Waals surface area contributed by atoms with Crippen molar-refractivity contribution < 1.29 is 33.2 Å². The Kier molecular flexibility index (Phi) is 31.4. The van der Waals surface area contributed by atoms with Gasteiger partial charge in [0.25, 0.3) is 0 Å². The normalized spacial score (nSPS) is 12.4. The third kappa shape index (κ3) is 40.3. The third-order valence-corrected chi connectivity index (χ3v) is 9.77. The van der Waals surface area contributed by atoms with Crippen LogP contribution in [0.5, 0.6) is 0 Å². The molecule has 0 aromatic heterocycles. The molecule has 0 spiro atoms. The van der Waals surface area contributed by atoms with Crippen LogP contribution in [-0.4, -0.2) is 32.3 Å². The van der Waals surface area contributed by atoms with Gasteiger partial charge in [0.15, 0.2) is 0 Å². The Morgan fingerprint density at radius 1 is 0.310 bits per heavy atom. The van der Waals surface area contributed by atoms with Gasteiger partial charge in [0.05, 0.1) is 6.61 Å². The van der Waals surface area contributed by atoms with Crippen molar-refractivity contribution in [2.24, 2.45) is 0 Å². The number of unbranched alkanes of at least 4 members (excludes halogenated alkanes) is 30. The maximum absolute atomic E-state index is 10.8. The van der Waals surface area contributed by atoms with Crippen LogP contribution < -0.4 is 0 Å². The summed E-state index contributed by atoms with van der Waals surface area (Å²) in [5, 5.41) is 0. The van der Waals surface area contributed by atoms with Gasteiger partial charge in [0.1, 0.15) is 0 Å². The summed E-state index contributed by atoms with van der Waals surface area (Å²) in [6, 6.07) is 0. The van der Waals surface area contributed by atoms with Crippen molar-refractivity contribution in [1.82, 2.24) is 0 Å². The van der Waals surface area contributed by atoms with Crippen molar-refractivity contribution in [2.45, 2.75) is 199 Å². The zero-order valence-corrected chi connectivity index (χ0v) is 29.0. The number of phosphoric ester groups is 1. The highest BCUT2D eigenvalue weighted by Gasteiger charge is 2.12.